The van der Waals surface area contributed by atoms with E-state index in [0.717, 1.165) is 19.5 Å². The number of quaternary nitrogens is 1. The number of carbonyl (C=O) groups excluding carboxylic acids is 1. The Morgan fingerprint density at radius 1 is 1.56 bits per heavy atom. The van der Waals surface area contributed by atoms with Crippen molar-refractivity contribution in [2.75, 3.05) is 19.6 Å². The lowest BCUT2D eigenvalue weighted by Crippen LogP contribution is -3.20. The molecule has 2 bridgehead atoms. The van der Waals surface area contributed by atoms with Crippen LogP contribution in [0.3, 0.4) is 0 Å². The molecule has 3 heterocycles. The van der Waals surface area contributed by atoms with Crippen molar-refractivity contribution >= 4 is 6.03 Å². The summed E-state index contributed by atoms with van der Waals surface area (Å²) in [5, 5.41) is 5.83. The molecule has 2 amide bonds. The van der Waals surface area contributed by atoms with Gasteiger partial charge in [-0.15, -0.1) is 6.42 Å². The van der Waals surface area contributed by atoms with Crippen LogP contribution in [0.5, 0.6) is 0 Å². The van der Waals surface area contributed by atoms with E-state index in [2.05, 4.69) is 16.6 Å². The van der Waals surface area contributed by atoms with Crippen LogP contribution in [-0.2, 0) is 0 Å². The zero-order valence-corrected chi connectivity index (χ0v) is 11.3. The monoisotopic (exact) mass is 250 g/mol. The maximum absolute atomic E-state index is 11.6. The predicted octanol–water partition coefficient (Wildman–Crippen LogP) is -0.379. The van der Waals surface area contributed by atoms with Gasteiger partial charge in [-0.3, -0.25) is 0 Å². The minimum Gasteiger partial charge on any atom is -0.336 e. The standard InChI is InChI=1S/C14H23N3O/c1-4-11-9-17-6-5-12(11)7-13(17)8-15-14(18)16-10(2)3/h1,10-13H,5-9H2,2-3H3,(H2,15,16,18)/p+1/t11-,12+,13+/m0/s1. The van der Waals surface area contributed by atoms with E-state index >= 15 is 0 Å². The molecule has 0 saturated carbocycles. The first kappa shape index (κ1) is 13.2. The molecule has 3 aliphatic rings. The van der Waals surface area contributed by atoms with Gasteiger partial charge in [0.25, 0.3) is 0 Å². The van der Waals surface area contributed by atoms with Gasteiger partial charge >= 0.3 is 6.03 Å². The van der Waals surface area contributed by atoms with E-state index in [1.165, 1.54) is 13.0 Å². The smallest absolute Gasteiger partial charge is 0.315 e. The van der Waals surface area contributed by atoms with Crippen LogP contribution in [0.1, 0.15) is 26.7 Å². The van der Waals surface area contributed by atoms with E-state index in [1.807, 2.05) is 13.8 Å². The Kier molecular flexibility index (Phi) is 4.13. The second-order valence-electron chi connectivity index (χ2n) is 5.88. The Balaban J connectivity index is 1.79. The summed E-state index contributed by atoms with van der Waals surface area (Å²) < 4.78 is 0. The summed E-state index contributed by atoms with van der Waals surface area (Å²) in [5.74, 6) is 4.05. The van der Waals surface area contributed by atoms with Crippen LogP contribution in [0.2, 0.25) is 0 Å². The molecule has 0 aromatic carbocycles. The first-order valence-corrected chi connectivity index (χ1v) is 6.95. The van der Waals surface area contributed by atoms with E-state index in [0.29, 0.717) is 17.9 Å². The molecule has 4 nitrogen and oxygen atoms in total. The molecule has 4 heteroatoms. The molecule has 3 rings (SSSR count). The zero-order valence-electron chi connectivity index (χ0n) is 11.3. The lowest BCUT2D eigenvalue weighted by atomic mass is 9.76. The molecule has 3 saturated heterocycles. The van der Waals surface area contributed by atoms with Crippen molar-refractivity contribution < 1.29 is 9.69 Å². The van der Waals surface area contributed by atoms with Crippen molar-refractivity contribution in [3.63, 3.8) is 0 Å². The van der Waals surface area contributed by atoms with Crippen molar-refractivity contribution in [2.24, 2.45) is 11.8 Å². The second-order valence-corrected chi connectivity index (χ2v) is 5.88. The molecule has 0 spiro atoms. The minimum atomic E-state index is -0.0550. The molecule has 3 N–H and O–H groups in total. The molecule has 100 valence electrons. The Hall–Kier alpha value is -1.21. The average molecular weight is 250 g/mol. The highest BCUT2D eigenvalue weighted by Crippen LogP contribution is 2.25. The van der Waals surface area contributed by atoms with Gasteiger partial charge in [0.1, 0.15) is 6.04 Å². The van der Waals surface area contributed by atoms with E-state index in [-0.39, 0.29) is 12.1 Å². The highest BCUT2D eigenvalue weighted by molar-refractivity contribution is 5.74. The number of urea groups is 1. The average Bonchev–Trinajstić information content (AvgIpc) is 2.36. The summed E-state index contributed by atoms with van der Waals surface area (Å²) in [6, 6.07) is 0.679. The van der Waals surface area contributed by atoms with Crippen LogP contribution >= 0.6 is 0 Å². The third kappa shape index (κ3) is 2.97. The van der Waals surface area contributed by atoms with E-state index in [4.69, 9.17) is 6.42 Å². The summed E-state index contributed by atoms with van der Waals surface area (Å²) in [7, 11) is 0. The highest BCUT2D eigenvalue weighted by Gasteiger charge is 2.42. The van der Waals surface area contributed by atoms with Gasteiger partial charge in [0, 0.05) is 18.9 Å². The molecule has 0 aromatic heterocycles. The lowest BCUT2D eigenvalue weighted by Gasteiger charge is -2.45. The van der Waals surface area contributed by atoms with Gasteiger partial charge in [0.05, 0.1) is 25.6 Å². The van der Waals surface area contributed by atoms with Gasteiger partial charge in [0.2, 0.25) is 0 Å². The molecule has 0 radical (unpaired) electrons. The first-order valence-electron chi connectivity index (χ1n) is 6.95. The molecule has 0 aliphatic carbocycles. The molecule has 3 fully saturated rings. The zero-order chi connectivity index (χ0) is 13.1. The summed E-state index contributed by atoms with van der Waals surface area (Å²) in [6.45, 7) is 6.99. The number of hydrogen-bond donors (Lipinski definition) is 3. The molecule has 0 aromatic rings. The van der Waals surface area contributed by atoms with Gasteiger partial charge < -0.3 is 15.5 Å². The number of hydrogen-bond acceptors (Lipinski definition) is 1. The molecule has 4 atom stereocenters. The van der Waals surface area contributed by atoms with Crippen molar-refractivity contribution in [3.05, 3.63) is 0 Å². The van der Waals surface area contributed by atoms with Crippen LogP contribution in [0.4, 0.5) is 4.79 Å². The van der Waals surface area contributed by atoms with Gasteiger partial charge in [-0.1, -0.05) is 5.92 Å². The fourth-order valence-electron chi connectivity index (χ4n) is 3.26. The normalized spacial score (nSPS) is 34.1. The summed E-state index contributed by atoms with van der Waals surface area (Å²) in [4.78, 5) is 13.1. The quantitative estimate of drug-likeness (QED) is 0.588. The number of rotatable bonds is 3. The third-order valence-electron chi connectivity index (χ3n) is 4.19. The molecular weight excluding hydrogens is 226 g/mol. The summed E-state index contributed by atoms with van der Waals surface area (Å²) >= 11 is 0. The number of piperidine rings is 3. The first-order chi connectivity index (χ1) is 8.60. The maximum Gasteiger partial charge on any atom is 0.315 e. The maximum atomic E-state index is 11.6. The summed E-state index contributed by atoms with van der Waals surface area (Å²) in [5.41, 5.74) is 0. The Morgan fingerprint density at radius 2 is 2.33 bits per heavy atom. The number of fused-ring (bicyclic) bond motifs is 3. The largest absolute Gasteiger partial charge is 0.336 e. The van der Waals surface area contributed by atoms with Crippen molar-refractivity contribution in [2.45, 2.75) is 38.8 Å². The van der Waals surface area contributed by atoms with Crippen LogP contribution in [-0.4, -0.2) is 37.7 Å². The fraction of sp³-hybridized carbons (Fsp3) is 0.786. The lowest BCUT2D eigenvalue weighted by molar-refractivity contribution is -0.943. The van der Waals surface area contributed by atoms with Crippen LogP contribution in [0, 0.1) is 24.2 Å². The molecule has 3 aliphatic heterocycles. The van der Waals surface area contributed by atoms with Gasteiger partial charge in [-0.25, -0.2) is 4.79 Å². The van der Waals surface area contributed by atoms with Crippen molar-refractivity contribution in [3.8, 4) is 12.3 Å². The number of nitrogens with one attached hydrogen (secondary N) is 3. The SMILES string of the molecule is C#C[C@H]1C[NH+]2CC[C@@H]1C[C@@H]2CNC(=O)NC(C)C. The second kappa shape index (κ2) is 5.62. The Morgan fingerprint density at radius 3 is 2.89 bits per heavy atom. The number of terminal acetylenes is 1. The van der Waals surface area contributed by atoms with E-state index < -0.39 is 0 Å². The van der Waals surface area contributed by atoms with Gasteiger partial charge in [0.15, 0.2) is 0 Å². The molecular formula is C14H24N3O+. The van der Waals surface area contributed by atoms with Gasteiger partial charge in [-0.05, 0) is 19.8 Å². The topological polar surface area (TPSA) is 45.6 Å². The highest BCUT2D eigenvalue weighted by atomic mass is 16.2. The Bertz CT molecular complexity index is 347. The van der Waals surface area contributed by atoms with Crippen molar-refractivity contribution in [1.29, 1.82) is 0 Å². The number of carbonyl (C=O) groups is 1. The van der Waals surface area contributed by atoms with E-state index in [1.54, 1.807) is 4.90 Å². The summed E-state index contributed by atoms with van der Waals surface area (Å²) in [6.07, 6.45) is 7.98. The van der Waals surface area contributed by atoms with Gasteiger partial charge in [-0.2, -0.15) is 0 Å². The Labute approximate surface area is 109 Å². The van der Waals surface area contributed by atoms with Crippen molar-refractivity contribution in [1.82, 2.24) is 10.6 Å². The van der Waals surface area contributed by atoms with Crippen LogP contribution in [0.25, 0.3) is 0 Å². The fourth-order valence-corrected chi connectivity index (χ4v) is 3.26. The van der Waals surface area contributed by atoms with Crippen LogP contribution in [0.15, 0.2) is 0 Å². The third-order valence-corrected chi connectivity index (χ3v) is 4.19. The number of amides is 2. The van der Waals surface area contributed by atoms with E-state index in [9.17, 15) is 4.79 Å². The molecule has 18 heavy (non-hydrogen) atoms. The predicted molar refractivity (Wildman–Crippen MR) is 71.2 cm³/mol. The minimum absolute atomic E-state index is 0.0550. The van der Waals surface area contributed by atoms with Crippen LogP contribution < -0.4 is 15.5 Å². The molecule has 1 unspecified atom stereocenters.